The first kappa shape index (κ1) is 18.6. The van der Waals surface area contributed by atoms with Crippen LogP contribution in [0.2, 0.25) is 0 Å². The van der Waals surface area contributed by atoms with Crippen LogP contribution in [0.15, 0.2) is 41.6 Å². The van der Waals surface area contributed by atoms with E-state index in [1.807, 2.05) is 0 Å². The summed E-state index contributed by atoms with van der Waals surface area (Å²) < 4.78 is 46.4. The number of rotatable bonds is 5. The van der Waals surface area contributed by atoms with Crippen molar-refractivity contribution in [1.82, 2.24) is 19.3 Å². The van der Waals surface area contributed by atoms with Gasteiger partial charge in [0.15, 0.2) is 5.65 Å². The molecule has 1 aromatic carbocycles. The molecule has 0 N–H and O–H groups in total. The third kappa shape index (κ3) is 3.99. The fraction of sp³-hybridized carbons (Fsp3) is 0.294. The minimum absolute atomic E-state index is 0.00355. The maximum absolute atomic E-state index is 12.9. The molecule has 0 aliphatic rings. The molecule has 0 aliphatic heterocycles. The summed E-state index contributed by atoms with van der Waals surface area (Å²) in [5.41, 5.74) is -0.917. The maximum atomic E-state index is 12.9. The average molecular weight is 380 g/mol. The lowest BCUT2D eigenvalue weighted by molar-refractivity contribution is -0.148. The number of esters is 1. The van der Waals surface area contributed by atoms with E-state index < -0.39 is 24.3 Å². The molecule has 0 unspecified atom stereocenters. The number of halogens is 3. The van der Waals surface area contributed by atoms with E-state index in [0.717, 1.165) is 6.07 Å². The Morgan fingerprint density at radius 3 is 2.74 bits per heavy atom. The summed E-state index contributed by atoms with van der Waals surface area (Å²) in [7, 11) is 1.65. The Morgan fingerprint density at radius 1 is 1.26 bits per heavy atom. The van der Waals surface area contributed by atoms with Crippen molar-refractivity contribution in [2.24, 2.45) is 7.05 Å². The van der Waals surface area contributed by atoms with Gasteiger partial charge in [-0.15, -0.1) is 0 Å². The summed E-state index contributed by atoms with van der Waals surface area (Å²) in [6.07, 6.45) is -2.03. The van der Waals surface area contributed by atoms with E-state index in [-0.39, 0.29) is 24.1 Å². The Kier molecular flexibility index (Phi) is 4.98. The minimum Gasteiger partial charge on any atom is -0.461 e. The van der Waals surface area contributed by atoms with Gasteiger partial charge < -0.3 is 4.74 Å². The summed E-state index contributed by atoms with van der Waals surface area (Å²) in [5.74, 6) is -0.717. The Bertz CT molecular complexity index is 1040. The van der Waals surface area contributed by atoms with Crippen molar-refractivity contribution in [2.75, 3.05) is 0 Å². The fourth-order valence-electron chi connectivity index (χ4n) is 2.59. The molecular weight excluding hydrogens is 365 g/mol. The molecule has 0 amide bonds. The van der Waals surface area contributed by atoms with Crippen LogP contribution in [0.5, 0.6) is 0 Å². The average Bonchev–Trinajstić information content (AvgIpc) is 3.01. The van der Waals surface area contributed by atoms with Crippen LogP contribution in [0.25, 0.3) is 11.0 Å². The molecule has 0 bridgehead atoms. The van der Waals surface area contributed by atoms with Crippen LogP contribution in [-0.4, -0.2) is 25.3 Å². The highest BCUT2D eigenvalue weighted by Crippen LogP contribution is 2.32. The number of hydrogen-bond donors (Lipinski definition) is 0. The van der Waals surface area contributed by atoms with Gasteiger partial charge >= 0.3 is 12.1 Å². The lowest BCUT2D eigenvalue weighted by atomic mass is 10.1. The lowest BCUT2D eigenvalue weighted by Crippen LogP contribution is -2.22. The van der Waals surface area contributed by atoms with Gasteiger partial charge in [-0.2, -0.15) is 18.3 Å². The second kappa shape index (κ2) is 7.22. The van der Waals surface area contributed by atoms with Crippen molar-refractivity contribution < 1.29 is 22.7 Å². The predicted molar refractivity (Wildman–Crippen MR) is 88.6 cm³/mol. The third-order valence-corrected chi connectivity index (χ3v) is 3.99. The summed E-state index contributed by atoms with van der Waals surface area (Å²) in [6.45, 7) is -0.500. The van der Waals surface area contributed by atoms with Gasteiger partial charge in [-0.3, -0.25) is 18.8 Å². The number of fused-ring (bicyclic) bond motifs is 1. The third-order valence-electron chi connectivity index (χ3n) is 3.99. The molecule has 0 fully saturated rings. The molecule has 0 atom stereocenters. The van der Waals surface area contributed by atoms with Crippen molar-refractivity contribution in [3.05, 3.63) is 58.3 Å². The van der Waals surface area contributed by atoms with E-state index in [0.29, 0.717) is 11.0 Å². The molecule has 2 heterocycles. The molecule has 27 heavy (non-hydrogen) atoms. The number of aryl methyl sites for hydroxylation is 2. The number of nitrogens with zero attached hydrogens (tertiary/aromatic N) is 4. The Morgan fingerprint density at radius 2 is 2.00 bits per heavy atom. The van der Waals surface area contributed by atoms with E-state index in [1.54, 1.807) is 7.05 Å². The zero-order valence-corrected chi connectivity index (χ0v) is 14.2. The maximum Gasteiger partial charge on any atom is 0.416 e. The highest BCUT2D eigenvalue weighted by Gasteiger charge is 2.33. The molecule has 7 nitrogen and oxygen atoms in total. The predicted octanol–water partition coefficient (Wildman–Crippen LogP) is 2.28. The van der Waals surface area contributed by atoms with Crippen LogP contribution in [0, 0.1) is 0 Å². The molecule has 0 radical (unpaired) electrons. The van der Waals surface area contributed by atoms with Gasteiger partial charge in [0.2, 0.25) is 0 Å². The van der Waals surface area contributed by atoms with Crippen LogP contribution < -0.4 is 5.56 Å². The number of hydrogen-bond acceptors (Lipinski definition) is 5. The second-order valence-electron chi connectivity index (χ2n) is 5.81. The minimum atomic E-state index is -4.53. The van der Waals surface area contributed by atoms with Crippen LogP contribution >= 0.6 is 0 Å². The molecule has 0 saturated heterocycles. The number of carbonyl (C=O) groups is 1. The van der Waals surface area contributed by atoms with Gasteiger partial charge in [-0.05, 0) is 6.07 Å². The van der Waals surface area contributed by atoms with Crippen LogP contribution in [0.3, 0.4) is 0 Å². The largest absolute Gasteiger partial charge is 0.461 e. The van der Waals surface area contributed by atoms with Gasteiger partial charge in [0.05, 0.1) is 24.5 Å². The Balaban J connectivity index is 1.63. The second-order valence-corrected chi connectivity index (χ2v) is 5.81. The first-order valence-corrected chi connectivity index (χ1v) is 7.95. The molecule has 0 spiro atoms. The first-order valence-electron chi connectivity index (χ1n) is 7.95. The van der Waals surface area contributed by atoms with Gasteiger partial charge in [0, 0.05) is 19.2 Å². The highest BCUT2D eigenvalue weighted by molar-refractivity contribution is 5.73. The number of carbonyl (C=O) groups excluding carboxylic acids is 1. The van der Waals surface area contributed by atoms with Crippen molar-refractivity contribution in [3.8, 4) is 0 Å². The summed E-state index contributed by atoms with van der Waals surface area (Å²) in [5, 5.41) is 4.25. The Hall–Kier alpha value is -3.17. The molecule has 3 aromatic rings. The first-order chi connectivity index (χ1) is 12.8. The van der Waals surface area contributed by atoms with E-state index in [2.05, 4.69) is 10.1 Å². The normalized spacial score (nSPS) is 11.7. The van der Waals surface area contributed by atoms with Crippen LogP contribution in [-0.2, 0) is 35.9 Å². The topological polar surface area (TPSA) is 79.0 Å². The Labute approximate surface area is 151 Å². The zero-order valence-electron chi connectivity index (χ0n) is 14.2. The molecule has 142 valence electrons. The van der Waals surface area contributed by atoms with Crippen molar-refractivity contribution in [2.45, 2.75) is 25.7 Å². The molecule has 0 saturated carbocycles. The SMILES string of the molecule is Cn1ncc2c(=O)n(CCC(=O)OCc3ccccc3C(F)(F)F)cnc21. The molecule has 3 rings (SSSR count). The number of benzene rings is 1. The summed E-state index contributed by atoms with van der Waals surface area (Å²) >= 11 is 0. The van der Waals surface area contributed by atoms with Gasteiger partial charge in [-0.1, -0.05) is 18.2 Å². The van der Waals surface area contributed by atoms with E-state index in [1.165, 1.54) is 40.0 Å². The van der Waals surface area contributed by atoms with E-state index in [4.69, 9.17) is 4.74 Å². The standard InChI is InChI=1S/C17H15F3N4O3/c1-23-15-12(8-22-23)16(26)24(10-21-15)7-6-14(25)27-9-11-4-2-3-5-13(11)17(18,19)20/h2-5,8,10H,6-7,9H2,1H3. The number of ether oxygens (including phenoxy) is 1. The fourth-order valence-corrected chi connectivity index (χ4v) is 2.59. The van der Waals surface area contributed by atoms with E-state index in [9.17, 15) is 22.8 Å². The quantitative estimate of drug-likeness (QED) is 0.635. The molecule has 10 heteroatoms. The molecular formula is C17H15F3N4O3. The number of alkyl halides is 3. The van der Waals surface area contributed by atoms with Crippen LogP contribution in [0.4, 0.5) is 13.2 Å². The van der Waals surface area contributed by atoms with Crippen LogP contribution in [0.1, 0.15) is 17.5 Å². The van der Waals surface area contributed by atoms with Crippen molar-refractivity contribution in [1.29, 1.82) is 0 Å². The highest BCUT2D eigenvalue weighted by atomic mass is 19.4. The van der Waals surface area contributed by atoms with Crippen molar-refractivity contribution >= 4 is 17.0 Å². The van der Waals surface area contributed by atoms with Gasteiger partial charge in [-0.25, -0.2) is 4.98 Å². The van der Waals surface area contributed by atoms with E-state index >= 15 is 0 Å². The monoisotopic (exact) mass is 380 g/mol. The van der Waals surface area contributed by atoms with Gasteiger partial charge in [0.1, 0.15) is 12.0 Å². The summed E-state index contributed by atoms with van der Waals surface area (Å²) in [4.78, 5) is 28.3. The smallest absolute Gasteiger partial charge is 0.416 e. The zero-order chi connectivity index (χ0) is 19.6. The summed E-state index contributed by atoms with van der Waals surface area (Å²) in [6, 6.07) is 4.88. The van der Waals surface area contributed by atoms with Crippen molar-refractivity contribution in [3.63, 3.8) is 0 Å². The molecule has 0 aliphatic carbocycles. The molecule has 2 aromatic heterocycles. The van der Waals surface area contributed by atoms with Gasteiger partial charge in [0.25, 0.3) is 5.56 Å². The lowest BCUT2D eigenvalue weighted by Gasteiger charge is -2.13. The number of aromatic nitrogens is 4.